The Bertz CT molecular complexity index is 1370. The molecule has 2 aliphatic heterocycles. The molecule has 3 amide bonds. The summed E-state index contributed by atoms with van der Waals surface area (Å²) in [5.41, 5.74) is 2.79. The van der Waals surface area contributed by atoms with Gasteiger partial charge in [0.1, 0.15) is 34.6 Å². The van der Waals surface area contributed by atoms with Crippen molar-refractivity contribution in [1.82, 2.24) is 15.1 Å². The summed E-state index contributed by atoms with van der Waals surface area (Å²) >= 11 is 0. The molecule has 0 bridgehead atoms. The second-order valence-electron chi connectivity index (χ2n) is 15.3. The predicted octanol–water partition coefficient (Wildman–Crippen LogP) is 4.15. The number of aliphatic hydroxyl groups excluding tert-OH is 2. The van der Waals surface area contributed by atoms with Crippen LogP contribution in [0.1, 0.15) is 81.1 Å². The van der Waals surface area contributed by atoms with E-state index in [-0.39, 0.29) is 59.2 Å². The number of hydrogen-bond donors (Lipinski definition) is 5. The predicted molar refractivity (Wildman–Crippen MR) is 235 cm³/mol. The number of hydrogen-bond acceptors (Lipinski definition) is 11. The molecule has 4 fully saturated rings. The Balaban J connectivity index is 0. The van der Waals surface area contributed by atoms with Gasteiger partial charge in [0, 0.05) is 24.7 Å². The van der Waals surface area contributed by atoms with Crippen LogP contribution in [0.25, 0.3) is 0 Å². The van der Waals surface area contributed by atoms with Crippen molar-refractivity contribution >= 4 is 89.2 Å². The largest absolute Gasteiger partial charge is 0.489 e. The van der Waals surface area contributed by atoms with Crippen molar-refractivity contribution in [3.05, 3.63) is 25.3 Å². The third kappa shape index (κ3) is 17.7. The van der Waals surface area contributed by atoms with Gasteiger partial charge in [-0.1, -0.05) is 12.2 Å². The average molecular weight is 892 g/mol. The fourth-order valence-corrected chi connectivity index (χ4v) is 5.67. The summed E-state index contributed by atoms with van der Waals surface area (Å²) in [4.78, 5) is 72.3. The number of rotatable bonds is 7. The lowest BCUT2D eigenvalue weighted by molar-refractivity contribution is -0.142. The lowest BCUT2D eigenvalue weighted by atomic mass is 10.1. The lowest BCUT2D eigenvalue weighted by Crippen LogP contribution is -2.53. The molecule has 15 nitrogen and oxygen atoms in total. The Morgan fingerprint density at radius 3 is 1.45 bits per heavy atom. The van der Waals surface area contributed by atoms with E-state index in [1.807, 2.05) is 0 Å². The summed E-state index contributed by atoms with van der Waals surface area (Å²) in [6.07, 6.45) is 1.93. The number of carboxylic acids is 1. The van der Waals surface area contributed by atoms with Crippen LogP contribution in [-0.2, 0) is 28.7 Å². The number of likely N-dealkylation sites (tertiary alicyclic amines) is 2. The molecular formula is C34H65N4O11P6-. The molecule has 5 unspecified atom stereocenters. The number of carboxylic acid groups (broad SMARTS) is 1. The quantitative estimate of drug-likeness (QED) is 0.180. The summed E-state index contributed by atoms with van der Waals surface area (Å²) in [6.45, 7) is 20.5. The summed E-state index contributed by atoms with van der Waals surface area (Å²) < 4.78 is 10.4. The van der Waals surface area contributed by atoms with Crippen molar-refractivity contribution in [2.24, 2.45) is 17.6 Å². The molecule has 4 aliphatic rings. The molecule has 2 saturated heterocycles. The van der Waals surface area contributed by atoms with E-state index in [9.17, 15) is 39.0 Å². The first-order valence-electron chi connectivity index (χ1n) is 17.1. The van der Waals surface area contributed by atoms with E-state index in [1.165, 1.54) is 26.7 Å². The number of nitrogens with one attached hydrogen (secondary N) is 1. The van der Waals surface area contributed by atoms with Crippen LogP contribution >= 0.6 is 53.6 Å². The smallest absolute Gasteiger partial charge is 0.411 e. The third-order valence-electron chi connectivity index (χ3n) is 8.67. The van der Waals surface area contributed by atoms with Crippen LogP contribution in [0.4, 0.5) is 9.59 Å². The second-order valence-corrected chi connectivity index (χ2v) is 19.1. The van der Waals surface area contributed by atoms with Gasteiger partial charge in [0.2, 0.25) is 5.91 Å². The van der Waals surface area contributed by atoms with E-state index in [0.29, 0.717) is 6.42 Å². The Hall–Kier alpha value is -1.24. The van der Waals surface area contributed by atoms with Gasteiger partial charge in [0.15, 0.2) is 5.78 Å². The molecule has 6 N–H and O–H groups in total. The van der Waals surface area contributed by atoms with E-state index in [0.717, 1.165) is 11.3 Å². The second kappa shape index (κ2) is 24.0. The number of ether oxygens (including phenoxy) is 2. The third-order valence-corrected chi connectivity index (χ3v) is 8.67. The van der Waals surface area contributed by atoms with Crippen LogP contribution in [0.15, 0.2) is 25.3 Å². The van der Waals surface area contributed by atoms with Crippen LogP contribution in [-0.4, -0.2) is 120 Å². The first kappa shape index (κ1) is 55.9. The number of aliphatic carboxylic acids is 1. The molecule has 2 heterocycles. The number of carbonyl (C=O) groups is 6. The van der Waals surface area contributed by atoms with Crippen LogP contribution in [0.5, 0.6) is 0 Å². The molecule has 0 aromatic heterocycles. The average Bonchev–Trinajstić information content (AvgIpc) is 3.82. The highest BCUT2D eigenvalue weighted by Crippen LogP contribution is 2.45. The summed E-state index contributed by atoms with van der Waals surface area (Å²) in [5, 5.41) is 30.9. The summed E-state index contributed by atoms with van der Waals surface area (Å²) in [5.74, 6) is -1.50. The van der Waals surface area contributed by atoms with Crippen LogP contribution < -0.4 is 11.1 Å². The molecule has 4 rings (SSSR count). The Labute approximate surface area is 340 Å². The molecule has 55 heavy (non-hydrogen) atoms. The minimum absolute atomic E-state index is 0. The topological polar surface area (TPSA) is 226 Å². The van der Waals surface area contributed by atoms with Gasteiger partial charge in [0.25, 0.3) is 0 Å². The zero-order valence-electron chi connectivity index (χ0n) is 33.3. The van der Waals surface area contributed by atoms with E-state index in [2.05, 4.69) is 54.2 Å². The monoisotopic (exact) mass is 891 g/mol. The Morgan fingerprint density at radius 1 is 0.800 bits per heavy atom. The number of ketones is 2. The van der Waals surface area contributed by atoms with Crippen molar-refractivity contribution in [2.75, 3.05) is 13.1 Å². The maximum atomic E-state index is 12.6. The van der Waals surface area contributed by atoms with E-state index in [1.54, 1.807) is 53.7 Å². The van der Waals surface area contributed by atoms with Gasteiger partial charge in [-0.05, 0) is 68.2 Å². The number of aliphatic hydroxyl groups is 2. The minimum atomic E-state index is -1.12. The molecule has 318 valence electrons. The maximum absolute atomic E-state index is 12.6. The van der Waals surface area contributed by atoms with Crippen molar-refractivity contribution in [3.63, 3.8) is 0 Å². The molecule has 0 aromatic carbocycles. The number of Topliss-reactive ketones (excluding diaryl/α,β-unsaturated/α-hetero) is 2. The first-order valence-corrected chi connectivity index (χ1v) is 23.9. The van der Waals surface area contributed by atoms with Gasteiger partial charge < -0.3 is 43.8 Å². The minimum Gasteiger partial charge on any atom is -0.489 e. The van der Waals surface area contributed by atoms with E-state index >= 15 is 0 Å². The standard InChI is InChI=1S/C17H26N2O5.C10H17NO5.C7H11NO.H4P3.H4P2.H3P/c1-6-11-8-17(11,10(2)20)18-14(22)13-7-12(21)9-19(13)15(23)24-16(3,4)5;1-10(2,3)16-9(15)11-5-6(12)4-7(11)8(13)14;1-3-6-4-7(6,8)5(2)9;1-3-2;1-2;/h6,11-13,21H,1,7-9H2,2-5H3,(H,18,22);6-7,12H,4-5H2,1-3H3,(H,13,14);3,6H,1,4,8H2,2H3;1-2H2;1-2H2;1H3/q;;;-1;;/t11-,12+,13+,17+;6-,7-;6-,7+;;;/m101.../s1. The zero-order chi connectivity index (χ0) is 42.6. The normalized spacial score (nSPS) is 28.5. The molecule has 13 atom stereocenters. The SMILES string of the molecule is C=C[C@@H]1C[C@]1(N)C(C)=O.C=C[C@@H]1C[C@]1(NC(=O)[C@@H]1C[C@H](O)CN1C(=O)OC(C)(C)C)C(C)=O.CC(C)(C)OC(=O)N1C[C@@H](O)C[C@H]1C(=O)O.P.PP.P[P-]P. The Kier molecular flexibility index (Phi) is 24.4. The Morgan fingerprint density at radius 2 is 1.18 bits per heavy atom. The van der Waals surface area contributed by atoms with Gasteiger partial charge in [-0.3, -0.25) is 42.0 Å². The van der Waals surface area contributed by atoms with Crippen molar-refractivity contribution in [3.8, 4) is 0 Å². The van der Waals surface area contributed by atoms with Crippen molar-refractivity contribution in [1.29, 1.82) is 0 Å². The highest BCUT2D eigenvalue weighted by atomic mass is 32.4. The van der Waals surface area contributed by atoms with Gasteiger partial charge >= 0.3 is 18.2 Å². The van der Waals surface area contributed by atoms with Gasteiger partial charge in [-0.15, -0.1) is 31.0 Å². The zero-order valence-corrected chi connectivity index (χ0v) is 40.2. The number of nitrogens with two attached hydrogens (primary N) is 1. The highest BCUT2D eigenvalue weighted by molar-refractivity contribution is 8.33. The van der Waals surface area contributed by atoms with Crippen molar-refractivity contribution < 1.29 is 53.6 Å². The molecule has 0 spiro atoms. The van der Waals surface area contributed by atoms with Crippen LogP contribution in [0.3, 0.4) is 0 Å². The number of β-amino-alcohol motifs (C(OH)–C–C–N with tert-alkyl or cyclic N) is 2. The molecule has 21 heteroatoms. The molecule has 2 aliphatic carbocycles. The molecule has 0 radical (unpaired) electrons. The first-order chi connectivity index (χ1) is 24.7. The summed E-state index contributed by atoms with van der Waals surface area (Å²) in [7, 11) is 10.9. The van der Waals surface area contributed by atoms with Gasteiger partial charge in [-0.2, -0.15) is 9.90 Å². The van der Waals surface area contributed by atoms with E-state index < -0.39 is 70.6 Å². The highest BCUT2D eigenvalue weighted by Gasteiger charge is 2.58. The van der Waals surface area contributed by atoms with Crippen LogP contribution in [0.2, 0.25) is 0 Å². The van der Waals surface area contributed by atoms with E-state index in [4.69, 9.17) is 20.3 Å². The number of amides is 3. The van der Waals surface area contributed by atoms with Gasteiger partial charge in [0.05, 0.1) is 30.8 Å². The lowest BCUT2D eigenvalue weighted by Gasteiger charge is -2.28. The fraction of sp³-hybridized carbons (Fsp3) is 0.706. The molecular weight excluding hydrogens is 826 g/mol. The molecule has 0 aromatic rings. The number of carbonyl (C=O) groups excluding carboxylic acids is 5. The van der Waals surface area contributed by atoms with Crippen molar-refractivity contribution in [2.45, 2.75) is 128 Å². The fourth-order valence-electron chi connectivity index (χ4n) is 5.67. The van der Waals surface area contributed by atoms with Gasteiger partial charge in [-0.25, -0.2) is 14.4 Å². The van der Waals surface area contributed by atoms with Crippen LogP contribution in [0, 0.1) is 11.8 Å². The maximum Gasteiger partial charge on any atom is 0.411 e. The number of nitrogens with zero attached hydrogens (tertiary/aromatic N) is 2. The summed E-state index contributed by atoms with van der Waals surface area (Å²) in [6, 6.07) is -1.85. The molecule has 2 saturated carbocycles.